The Morgan fingerprint density at radius 1 is 1.05 bits per heavy atom. The van der Waals surface area contributed by atoms with Crippen LogP contribution in [0.2, 0.25) is 0 Å². The molecule has 20 heavy (non-hydrogen) atoms. The van der Waals surface area contributed by atoms with Crippen molar-refractivity contribution in [2.45, 2.75) is 0 Å². The molecule has 5 heteroatoms. The first-order chi connectivity index (χ1) is 9.65. The molecule has 0 spiro atoms. The van der Waals surface area contributed by atoms with Crippen LogP contribution in [0.1, 0.15) is 5.56 Å². The Morgan fingerprint density at radius 2 is 1.70 bits per heavy atom. The number of hydrogen-bond acceptors (Lipinski definition) is 4. The summed E-state index contributed by atoms with van der Waals surface area (Å²) in [5.74, 6) is -0.0413. The van der Waals surface area contributed by atoms with Crippen molar-refractivity contribution in [1.82, 2.24) is 0 Å². The van der Waals surface area contributed by atoms with Gasteiger partial charge in [0.05, 0.1) is 4.92 Å². The van der Waals surface area contributed by atoms with E-state index < -0.39 is 10.9 Å². The lowest BCUT2D eigenvalue weighted by Gasteiger charge is -1.99. The molecule has 2 aromatic rings. The number of benzene rings is 2. The number of ether oxygens (including phenoxy) is 1. The second-order valence-electron chi connectivity index (χ2n) is 3.92. The topological polar surface area (TPSA) is 69.4 Å². The molecule has 5 nitrogen and oxygen atoms in total. The Bertz CT molecular complexity index is 633. The zero-order valence-electron chi connectivity index (χ0n) is 10.4. The van der Waals surface area contributed by atoms with Crippen molar-refractivity contribution in [2.75, 3.05) is 0 Å². The van der Waals surface area contributed by atoms with Gasteiger partial charge in [-0.2, -0.15) is 0 Å². The molecule has 2 aromatic carbocycles. The Balaban J connectivity index is 1.98. The lowest BCUT2D eigenvalue weighted by atomic mass is 10.2. The largest absolute Gasteiger partial charge is 0.423 e. The molecule has 0 atom stereocenters. The fourth-order valence-corrected chi connectivity index (χ4v) is 1.51. The van der Waals surface area contributed by atoms with Crippen LogP contribution in [-0.2, 0) is 4.79 Å². The molecule has 100 valence electrons. The maximum Gasteiger partial charge on any atom is 0.336 e. The second-order valence-corrected chi connectivity index (χ2v) is 3.92. The predicted octanol–water partition coefficient (Wildman–Crippen LogP) is 3.21. The molecule has 2 rings (SSSR count). The number of rotatable bonds is 4. The van der Waals surface area contributed by atoms with Crippen molar-refractivity contribution < 1.29 is 14.5 Å². The van der Waals surface area contributed by atoms with Crippen LogP contribution in [-0.4, -0.2) is 10.9 Å². The predicted molar refractivity (Wildman–Crippen MR) is 74.2 cm³/mol. The first kappa shape index (κ1) is 13.5. The van der Waals surface area contributed by atoms with Gasteiger partial charge in [0.15, 0.2) is 0 Å². The molecule has 0 N–H and O–H groups in total. The first-order valence-corrected chi connectivity index (χ1v) is 5.84. The molecule has 0 saturated carbocycles. The van der Waals surface area contributed by atoms with E-state index in [9.17, 15) is 14.9 Å². The third-order valence-electron chi connectivity index (χ3n) is 2.48. The summed E-state index contributed by atoms with van der Waals surface area (Å²) in [5.41, 5.74) is 0.689. The Hall–Kier alpha value is -2.95. The van der Waals surface area contributed by atoms with Crippen LogP contribution in [0.5, 0.6) is 5.75 Å². The molecule has 0 aliphatic carbocycles. The first-order valence-electron chi connectivity index (χ1n) is 5.84. The average molecular weight is 269 g/mol. The van der Waals surface area contributed by atoms with E-state index >= 15 is 0 Å². The summed E-state index contributed by atoms with van der Waals surface area (Å²) in [6.45, 7) is 0. The van der Waals surface area contributed by atoms with Crippen LogP contribution < -0.4 is 4.74 Å². The molecule has 0 heterocycles. The van der Waals surface area contributed by atoms with Crippen molar-refractivity contribution in [3.8, 4) is 5.75 Å². The maximum absolute atomic E-state index is 11.5. The van der Waals surface area contributed by atoms with Crippen LogP contribution in [0.25, 0.3) is 6.08 Å². The molecule has 0 bridgehead atoms. The molecule has 0 saturated heterocycles. The van der Waals surface area contributed by atoms with Gasteiger partial charge in [0.25, 0.3) is 5.69 Å². The smallest absolute Gasteiger partial charge is 0.336 e. The summed E-state index contributed by atoms with van der Waals surface area (Å²) in [4.78, 5) is 21.6. The third-order valence-corrected chi connectivity index (χ3v) is 2.48. The van der Waals surface area contributed by atoms with E-state index in [-0.39, 0.29) is 5.69 Å². The number of nitro groups is 1. The van der Waals surface area contributed by atoms with Gasteiger partial charge in [-0.1, -0.05) is 18.2 Å². The van der Waals surface area contributed by atoms with Gasteiger partial charge in [-0.25, -0.2) is 4.79 Å². The second kappa shape index (κ2) is 6.29. The van der Waals surface area contributed by atoms with Gasteiger partial charge in [-0.05, 0) is 35.9 Å². The third kappa shape index (κ3) is 3.78. The van der Waals surface area contributed by atoms with Crippen LogP contribution in [0.15, 0.2) is 60.7 Å². The lowest BCUT2D eigenvalue weighted by Crippen LogP contribution is -2.03. The molecule has 0 aliphatic heterocycles. The molecule has 0 radical (unpaired) electrons. The number of nitrogens with zero attached hydrogens (tertiary/aromatic N) is 1. The van der Waals surface area contributed by atoms with Gasteiger partial charge >= 0.3 is 5.97 Å². The van der Waals surface area contributed by atoms with Crippen molar-refractivity contribution >= 4 is 17.7 Å². The number of carbonyl (C=O) groups is 1. The van der Waals surface area contributed by atoms with Crippen molar-refractivity contribution in [1.29, 1.82) is 0 Å². The Labute approximate surface area is 115 Å². The number of hydrogen-bond donors (Lipinski definition) is 0. The van der Waals surface area contributed by atoms with Crippen LogP contribution in [0, 0.1) is 10.1 Å². The number of non-ortho nitro benzene ring substituents is 1. The number of nitro benzene ring substituents is 1. The molecule has 0 aliphatic rings. The van der Waals surface area contributed by atoms with Crippen molar-refractivity contribution in [3.05, 3.63) is 76.4 Å². The highest BCUT2D eigenvalue weighted by atomic mass is 16.6. The van der Waals surface area contributed by atoms with Crippen molar-refractivity contribution in [2.24, 2.45) is 0 Å². The lowest BCUT2D eigenvalue weighted by molar-refractivity contribution is -0.384. The molecular formula is C15H11NO4. The van der Waals surface area contributed by atoms with E-state index in [2.05, 4.69) is 0 Å². The summed E-state index contributed by atoms with van der Waals surface area (Å²) in [6.07, 6.45) is 2.81. The molecular weight excluding hydrogens is 258 g/mol. The van der Waals surface area contributed by atoms with Gasteiger partial charge in [0.2, 0.25) is 0 Å². The Kier molecular flexibility index (Phi) is 4.24. The number of carbonyl (C=O) groups excluding carboxylic acids is 1. The highest BCUT2D eigenvalue weighted by molar-refractivity contribution is 5.88. The van der Waals surface area contributed by atoms with Gasteiger partial charge in [-0.15, -0.1) is 0 Å². The summed E-state index contributed by atoms with van der Waals surface area (Å²) < 4.78 is 5.06. The van der Waals surface area contributed by atoms with E-state index in [0.29, 0.717) is 11.3 Å². The molecule has 0 fully saturated rings. The standard InChI is InChI=1S/C15H11NO4/c17-15(20-14-4-2-1-3-5-14)11-8-12-6-9-13(10-7-12)16(18)19/h1-11H/b11-8+. The van der Waals surface area contributed by atoms with Crippen LogP contribution in [0.4, 0.5) is 5.69 Å². The number of esters is 1. The van der Waals surface area contributed by atoms with E-state index in [4.69, 9.17) is 4.74 Å². The highest BCUT2D eigenvalue weighted by Gasteiger charge is 2.03. The van der Waals surface area contributed by atoms with E-state index in [0.717, 1.165) is 0 Å². The fraction of sp³-hybridized carbons (Fsp3) is 0. The van der Waals surface area contributed by atoms with Crippen LogP contribution >= 0.6 is 0 Å². The minimum absolute atomic E-state index is 0.00834. The summed E-state index contributed by atoms with van der Waals surface area (Å²) in [5, 5.41) is 10.5. The van der Waals surface area contributed by atoms with Gasteiger partial charge in [0.1, 0.15) is 5.75 Å². The fourth-order valence-electron chi connectivity index (χ4n) is 1.51. The highest BCUT2D eigenvalue weighted by Crippen LogP contribution is 2.13. The van der Waals surface area contributed by atoms with E-state index in [1.54, 1.807) is 36.4 Å². The van der Waals surface area contributed by atoms with Crippen LogP contribution in [0.3, 0.4) is 0 Å². The van der Waals surface area contributed by atoms with Gasteiger partial charge in [-0.3, -0.25) is 10.1 Å². The zero-order valence-corrected chi connectivity index (χ0v) is 10.4. The van der Waals surface area contributed by atoms with E-state index in [1.807, 2.05) is 6.07 Å². The normalized spacial score (nSPS) is 10.4. The SMILES string of the molecule is O=C(/C=C/c1ccc([N+](=O)[O-])cc1)Oc1ccccc1. The molecule has 0 amide bonds. The number of para-hydroxylation sites is 1. The monoisotopic (exact) mass is 269 g/mol. The van der Waals surface area contributed by atoms with E-state index in [1.165, 1.54) is 24.3 Å². The Morgan fingerprint density at radius 3 is 2.30 bits per heavy atom. The van der Waals surface area contributed by atoms with Gasteiger partial charge < -0.3 is 4.74 Å². The minimum Gasteiger partial charge on any atom is -0.423 e. The summed E-state index contributed by atoms with van der Waals surface area (Å²) in [6, 6.07) is 14.6. The molecule has 0 aromatic heterocycles. The quantitative estimate of drug-likeness (QED) is 0.281. The summed E-state index contributed by atoms with van der Waals surface area (Å²) in [7, 11) is 0. The van der Waals surface area contributed by atoms with Gasteiger partial charge in [0, 0.05) is 18.2 Å². The zero-order chi connectivity index (χ0) is 14.4. The minimum atomic E-state index is -0.505. The average Bonchev–Trinajstić information content (AvgIpc) is 2.46. The molecule has 0 unspecified atom stereocenters. The summed E-state index contributed by atoms with van der Waals surface area (Å²) >= 11 is 0. The van der Waals surface area contributed by atoms with Crippen molar-refractivity contribution in [3.63, 3.8) is 0 Å². The maximum atomic E-state index is 11.5.